The number of morpholine rings is 1. The van der Waals surface area contributed by atoms with E-state index in [1.165, 1.54) is 0 Å². The first-order valence-electron chi connectivity index (χ1n) is 9.40. The van der Waals surface area contributed by atoms with Crippen molar-refractivity contribution in [3.63, 3.8) is 0 Å². The van der Waals surface area contributed by atoms with Crippen LogP contribution in [0.2, 0.25) is 5.02 Å². The molecule has 0 saturated carbocycles. The molecule has 2 heterocycles. The van der Waals surface area contributed by atoms with E-state index in [2.05, 4.69) is 10.3 Å². The molecule has 1 aliphatic heterocycles. The number of hydrogen-bond acceptors (Lipinski definition) is 5. The molecule has 0 spiro atoms. The van der Waals surface area contributed by atoms with Crippen LogP contribution in [-0.4, -0.2) is 49.6 Å². The Labute approximate surface area is 165 Å². The Hall–Kier alpha value is -1.50. The van der Waals surface area contributed by atoms with E-state index in [1.54, 1.807) is 19.5 Å². The minimum Gasteiger partial charge on any atom is -0.385 e. The number of ether oxygens (including phenoxy) is 2. The molecule has 27 heavy (non-hydrogen) atoms. The quantitative estimate of drug-likeness (QED) is 0.676. The molecule has 2 aromatic rings. The van der Waals surface area contributed by atoms with E-state index < -0.39 is 5.60 Å². The van der Waals surface area contributed by atoms with Gasteiger partial charge >= 0.3 is 0 Å². The van der Waals surface area contributed by atoms with E-state index in [9.17, 15) is 5.11 Å². The van der Waals surface area contributed by atoms with Gasteiger partial charge in [0.2, 0.25) is 0 Å². The number of aromatic nitrogens is 1. The van der Waals surface area contributed by atoms with Crippen LogP contribution in [0.3, 0.4) is 0 Å². The van der Waals surface area contributed by atoms with Gasteiger partial charge in [-0.15, -0.1) is 0 Å². The van der Waals surface area contributed by atoms with Gasteiger partial charge < -0.3 is 19.9 Å². The summed E-state index contributed by atoms with van der Waals surface area (Å²) < 4.78 is 11.1. The molecule has 1 saturated heterocycles. The molecule has 0 amide bonds. The summed E-state index contributed by atoms with van der Waals surface area (Å²) in [7, 11) is 1.69. The monoisotopic (exact) mass is 390 g/mol. The van der Waals surface area contributed by atoms with Gasteiger partial charge in [0.15, 0.2) is 0 Å². The standard InChI is InChI=1S/C21H27ClN2O3/c1-26-12-3-2-9-21(25,19-15-24-11-13-27-19)17-7-4-8-18(22)20(17)16-6-5-10-23-14-16/h4-8,10,14,19,24-25H,2-3,9,11-13,15H2,1H3/t19?,21-/m1/s1. The van der Waals surface area contributed by atoms with Gasteiger partial charge in [0.1, 0.15) is 11.7 Å². The summed E-state index contributed by atoms with van der Waals surface area (Å²) in [6, 6.07) is 9.51. The lowest BCUT2D eigenvalue weighted by Crippen LogP contribution is -2.51. The van der Waals surface area contributed by atoms with Gasteiger partial charge in [-0.1, -0.05) is 29.8 Å². The highest BCUT2D eigenvalue weighted by Crippen LogP contribution is 2.42. The molecule has 0 radical (unpaired) electrons. The normalized spacial score (nSPS) is 19.6. The lowest BCUT2D eigenvalue weighted by Gasteiger charge is -2.40. The zero-order valence-corrected chi connectivity index (χ0v) is 16.4. The highest BCUT2D eigenvalue weighted by atomic mass is 35.5. The first-order chi connectivity index (χ1) is 13.2. The summed E-state index contributed by atoms with van der Waals surface area (Å²) in [5.74, 6) is 0. The molecule has 2 atom stereocenters. The van der Waals surface area contributed by atoms with Crippen LogP contribution >= 0.6 is 11.6 Å². The fourth-order valence-corrected chi connectivity index (χ4v) is 3.95. The largest absolute Gasteiger partial charge is 0.385 e. The maximum Gasteiger partial charge on any atom is 0.118 e. The zero-order chi connectivity index (χ0) is 19.1. The average Bonchev–Trinajstić information content (AvgIpc) is 2.72. The van der Waals surface area contributed by atoms with Gasteiger partial charge in [0, 0.05) is 55.3 Å². The van der Waals surface area contributed by atoms with Crippen LogP contribution in [0.4, 0.5) is 0 Å². The molecule has 1 aliphatic rings. The number of pyridine rings is 1. The van der Waals surface area contributed by atoms with Crippen molar-refractivity contribution in [1.29, 1.82) is 0 Å². The first-order valence-corrected chi connectivity index (χ1v) is 9.77. The SMILES string of the molecule is COCCCC[C@@](O)(c1cccc(Cl)c1-c1cccnc1)C1CNCCO1. The van der Waals surface area contributed by atoms with Gasteiger partial charge in [0.05, 0.1) is 6.61 Å². The van der Waals surface area contributed by atoms with Crippen molar-refractivity contribution in [3.8, 4) is 11.1 Å². The highest BCUT2D eigenvalue weighted by Gasteiger charge is 2.41. The Balaban J connectivity index is 2.02. The molecule has 146 valence electrons. The summed E-state index contributed by atoms with van der Waals surface area (Å²) in [5, 5.41) is 15.8. The average molecular weight is 391 g/mol. The van der Waals surface area contributed by atoms with E-state index in [1.807, 2.05) is 30.3 Å². The number of nitrogens with zero attached hydrogens (tertiary/aromatic N) is 1. The van der Waals surface area contributed by atoms with Crippen LogP contribution in [0.1, 0.15) is 24.8 Å². The Morgan fingerprint density at radius 1 is 1.33 bits per heavy atom. The van der Waals surface area contributed by atoms with Crippen molar-refractivity contribution in [2.75, 3.05) is 33.4 Å². The maximum absolute atomic E-state index is 11.9. The Morgan fingerprint density at radius 2 is 2.22 bits per heavy atom. The molecule has 1 fully saturated rings. The number of hydrogen-bond donors (Lipinski definition) is 2. The predicted molar refractivity (Wildman–Crippen MR) is 107 cm³/mol. The molecule has 6 heteroatoms. The summed E-state index contributed by atoms with van der Waals surface area (Å²) in [5.41, 5.74) is 1.33. The smallest absolute Gasteiger partial charge is 0.118 e. The molecule has 1 aromatic heterocycles. The van der Waals surface area contributed by atoms with E-state index in [0.29, 0.717) is 31.2 Å². The molecular formula is C21H27ClN2O3. The van der Waals surface area contributed by atoms with Crippen molar-refractivity contribution in [2.45, 2.75) is 31.0 Å². The molecule has 3 rings (SSSR count). The van der Waals surface area contributed by atoms with Crippen molar-refractivity contribution < 1.29 is 14.6 Å². The Morgan fingerprint density at radius 3 is 2.93 bits per heavy atom. The second-order valence-electron chi connectivity index (χ2n) is 6.84. The fourth-order valence-electron chi connectivity index (χ4n) is 3.67. The Bertz CT molecular complexity index is 723. The second kappa shape index (κ2) is 9.62. The number of rotatable bonds is 8. The van der Waals surface area contributed by atoms with Gasteiger partial charge in [-0.05, 0) is 37.0 Å². The van der Waals surface area contributed by atoms with E-state index in [-0.39, 0.29) is 6.10 Å². The van der Waals surface area contributed by atoms with Gasteiger partial charge in [0.25, 0.3) is 0 Å². The second-order valence-corrected chi connectivity index (χ2v) is 7.25. The highest BCUT2D eigenvalue weighted by molar-refractivity contribution is 6.33. The third-order valence-electron chi connectivity index (χ3n) is 5.05. The third kappa shape index (κ3) is 4.68. The number of methoxy groups -OCH3 is 1. The number of benzene rings is 1. The van der Waals surface area contributed by atoms with E-state index >= 15 is 0 Å². The summed E-state index contributed by atoms with van der Waals surface area (Å²) >= 11 is 6.58. The fraction of sp³-hybridized carbons (Fsp3) is 0.476. The molecular weight excluding hydrogens is 364 g/mol. The molecule has 1 unspecified atom stereocenters. The molecule has 2 N–H and O–H groups in total. The lowest BCUT2D eigenvalue weighted by molar-refractivity contribution is -0.129. The number of halogens is 1. The topological polar surface area (TPSA) is 63.6 Å². The Kier molecular flexibility index (Phi) is 7.21. The minimum atomic E-state index is -1.16. The third-order valence-corrected chi connectivity index (χ3v) is 5.36. The van der Waals surface area contributed by atoms with Crippen LogP contribution in [0, 0.1) is 0 Å². The first kappa shape index (κ1) is 20.2. The van der Waals surface area contributed by atoms with Crippen molar-refractivity contribution in [1.82, 2.24) is 10.3 Å². The van der Waals surface area contributed by atoms with Crippen LogP contribution in [0.25, 0.3) is 11.1 Å². The van der Waals surface area contributed by atoms with Gasteiger partial charge in [-0.2, -0.15) is 0 Å². The minimum absolute atomic E-state index is 0.345. The van der Waals surface area contributed by atoms with Crippen LogP contribution in [-0.2, 0) is 15.1 Å². The number of aliphatic hydroxyl groups is 1. The molecule has 1 aromatic carbocycles. The predicted octanol–water partition coefficient (Wildman–Crippen LogP) is 3.39. The van der Waals surface area contributed by atoms with Crippen molar-refractivity contribution in [2.24, 2.45) is 0 Å². The number of unbranched alkanes of at least 4 members (excludes halogenated alkanes) is 1. The van der Waals surface area contributed by atoms with Gasteiger partial charge in [-0.3, -0.25) is 4.98 Å². The van der Waals surface area contributed by atoms with Crippen molar-refractivity contribution in [3.05, 3.63) is 53.3 Å². The molecule has 0 bridgehead atoms. The van der Waals surface area contributed by atoms with Crippen molar-refractivity contribution >= 4 is 11.6 Å². The zero-order valence-electron chi connectivity index (χ0n) is 15.7. The summed E-state index contributed by atoms with van der Waals surface area (Å²) in [4.78, 5) is 4.22. The summed E-state index contributed by atoms with van der Waals surface area (Å²) in [6.07, 6.45) is 5.42. The summed E-state index contributed by atoms with van der Waals surface area (Å²) in [6.45, 7) is 2.64. The number of nitrogens with one attached hydrogen (secondary N) is 1. The van der Waals surface area contributed by atoms with Crippen LogP contribution in [0.5, 0.6) is 0 Å². The van der Waals surface area contributed by atoms with E-state index in [4.69, 9.17) is 21.1 Å². The maximum atomic E-state index is 11.9. The van der Waals surface area contributed by atoms with Crippen LogP contribution in [0.15, 0.2) is 42.7 Å². The van der Waals surface area contributed by atoms with Crippen LogP contribution < -0.4 is 5.32 Å². The molecule has 0 aliphatic carbocycles. The lowest BCUT2D eigenvalue weighted by atomic mass is 9.79. The van der Waals surface area contributed by atoms with Gasteiger partial charge in [-0.25, -0.2) is 0 Å². The molecule has 5 nitrogen and oxygen atoms in total. The van der Waals surface area contributed by atoms with E-state index in [0.717, 1.165) is 36.1 Å².